The third-order valence-corrected chi connectivity index (χ3v) is 3.44. The number of aromatic nitrogens is 6. The maximum atomic E-state index is 5.91. The average molecular weight is 295 g/mol. The van der Waals surface area contributed by atoms with Crippen LogP contribution < -0.4 is 4.74 Å². The van der Waals surface area contributed by atoms with Crippen molar-refractivity contribution in [3.8, 4) is 12.0 Å². The molecule has 20 heavy (non-hydrogen) atoms. The van der Waals surface area contributed by atoms with Crippen molar-refractivity contribution in [2.24, 2.45) is 0 Å². The molecule has 2 heterocycles. The minimum atomic E-state index is 0.0918. The molecule has 1 saturated carbocycles. The summed E-state index contributed by atoms with van der Waals surface area (Å²) in [6.07, 6.45) is 10.0. The zero-order chi connectivity index (χ0) is 13.8. The molecule has 0 amide bonds. The Hall–Kier alpha value is -1.76. The Balaban J connectivity index is 1.79. The van der Waals surface area contributed by atoms with Gasteiger partial charge in [0.1, 0.15) is 18.8 Å². The van der Waals surface area contributed by atoms with Crippen LogP contribution in [0.2, 0.25) is 5.28 Å². The van der Waals surface area contributed by atoms with Crippen LogP contribution in [0.5, 0.6) is 6.01 Å². The SMILES string of the molecule is Clc1nc(OC2CCCCCC2)nc(-n2cncn2)n1. The van der Waals surface area contributed by atoms with Crippen LogP contribution in [-0.2, 0) is 0 Å². The fourth-order valence-corrected chi connectivity index (χ4v) is 2.45. The van der Waals surface area contributed by atoms with Gasteiger partial charge in [-0.2, -0.15) is 24.7 Å². The van der Waals surface area contributed by atoms with E-state index in [9.17, 15) is 0 Å². The second-order valence-electron chi connectivity index (χ2n) is 4.76. The quantitative estimate of drug-likeness (QED) is 0.808. The maximum Gasteiger partial charge on any atom is 0.322 e. The molecule has 7 nitrogen and oxygen atoms in total. The van der Waals surface area contributed by atoms with Gasteiger partial charge in [-0.3, -0.25) is 0 Å². The van der Waals surface area contributed by atoms with Gasteiger partial charge in [-0.1, -0.05) is 12.8 Å². The number of rotatable bonds is 3. The largest absolute Gasteiger partial charge is 0.460 e. The van der Waals surface area contributed by atoms with E-state index in [1.165, 1.54) is 43.0 Å². The van der Waals surface area contributed by atoms with Crippen molar-refractivity contribution in [1.29, 1.82) is 0 Å². The van der Waals surface area contributed by atoms with Gasteiger partial charge in [0.2, 0.25) is 5.28 Å². The molecule has 0 unspecified atom stereocenters. The predicted octanol–water partition coefficient (Wildman–Crippen LogP) is 2.21. The summed E-state index contributed by atoms with van der Waals surface area (Å²) in [5, 5.41) is 4.06. The summed E-state index contributed by atoms with van der Waals surface area (Å²) in [4.78, 5) is 16.1. The first-order valence-electron chi connectivity index (χ1n) is 6.74. The Morgan fingerprint density at radius 2 is 1.90 bits per heavy atom. The van der Waals surface area contributed by atoms with Crippen LogP contribution in [0.4, 0.5) is 0 Å². The molecule has 3 rings (SSSR count). The lowest BCUT2D eigenvalue weighted by Crippen LogP contribution is -2.18. The first kappa shape index (κ1) is 13.2. The van der Waals surface area contributed by atoms with Gasteiger partial charge < -0.3 is 4.74 Å². The molecular formula is C12H15ClN6O. The van der Waals surface area contributed by atoms with Gasteiger partial charge in [0.15, 0.2) is 0 Å². The molecule has 2 aromatic rings. The second kappa shape index (κ2) is 6.13. The van der Waals surface area contributed by atoms with E-state index >= 15 is 0 Å². The lowest BCUT2D eigenvalue weighted by molar-refractivity contribution is 0.167. The molecule has 0 atom stereocenters. The lowest BCUT2D eigenvalue weighted by Gasteiger charge is -2.15. The van der Waals surface area contributed by atoms with Crippen LogP contribution in [0.25, 0.3) is 5.95 Å². The van der Waals surface area contributed by atoms with Crippen molar-refractivity contribution < 1.29 is 4.74 Å². The van der Waals surface area contributed by atoms with Crippen molar-refractivity contribution in [1.82, 2.24) is 29.7 Å². The molecule has 1 aliphatic carbocycles. The van der Waals surface area contributed by atoms with Gasteiger partial charge in [0.25, 0.3) is 5.95 Å². The molecule has 0 aliphatic heterocycles. The molecule has 2 aromatic heterocycles. The Morgan fingerprint density at radius 1 is 1.10 bits per heavy atom. The molecule has 1 fully saturated rings. The van der Waals surface area contributed by atoms with Crippen LogP contribution in [0, 0.1) is 0 Å². The molecule has 1 aliphatic rings. The number of hydrogen-bond donors (Lipinski definition) is 0. The first-order chi connectivity index (χ1) is 9.81. The van der Waals surface area contributed by atoms with Gasteiger partial charge in [0.05, 0.1) is 0 Å². The Kier molecular flexibility index (Phi) is 4.05. The number of hydrogen-bond acceptors (Lipinski definition) is 6. The molecule has 8 heteroatoms. The zero-order valence-electron chi connectivity index (χ0n) is 10.9. The Bertz CT molecular complexity index is 553. The van der Waals surface area contributed by atoms with E-state index < -0.39 is 0 Å². The minimum Gasteiger partial charge on any atom is -0.460 e. The summed E-state index contributed by atoms with van der Waals surface area (Å²) in [6.45, 7) is 0. The van der Waals surface area contributed by atoms with Crippen LogP contribution in [0.3, 0.4) is 0 Å². The van der Waals surface area contributed by atoms with Gasteiger partial charge in [-0.05, 0) is 37.3 Å². The summed E-state index contributed by atoms with van der Waals surface area (Å²) in [7, 11) is 0. The highest BCUT2D eigenvalue weighted by Gasteiger charge is 2.16. The van der Waals surface area contributed by atoms with Gasteiger partial charge in [-0.25, -0.2) is 4.98 Å². The van der Waals surface area contributed by atoms with Gasteiger partial charge in [0, 0.05) is 0 Å². The Morgan fingerprint density at radius 3 is 2.60 bits per heavy atom. The summed E-state index contributed by atoms with van der Waals surface area (Å²) in [5.74, 6) is 0.311. The lowest BCUT2D eigenvalue weighted by atomic mass is 10.2. The van der Waals surface area contributed by atoms with Crippen molar-refractivity contribution in [2.45, 2.75) is 44.6 Å². The number of ether oxygens (including phenoxy) is 1. The van der Waals surface area contributed by atoms with E-state index in [2.05, 4.69) is 25.0 Å². The van der Waals surface area contributed by atoms with Crippen molar-refractivity contribution in [3.63, 3.8) is 0 Å². The Labute approximate surface area is 121 Å². The third-order valence-electron chi connectivity index (χ3n) is 3.27. The highest BCUT2D eigenvalue weighted by Crippen LogP contribution is 2.21. The van der Waals surface area contributed by atoms with Crippen LogP contribution in [-0.4, -0.2) is 35.8 Å². The molecular weight excluding hydrogens is 280 g/mol. The molecule has 0 radical (unpaired) electrons. The second-order valence-corrected chi connectivity index (χ2v) is 5.10. The highest BCUT2D eigenvalue weighted by atomic mass is 35.5. The van der Waals surface area contributed by atoms with E-state index in [1.807, 2.05) is 0 Å². The highest BCUT2D eigenvalue weighted by molar-refractivity contribution is 6.28. The van der Waals surface area contributed by atoms with E-state index in [0.717, 1.165) is 12.8 Å². The first-order valence-corrected chi connectivity index (χ1v) is 7.12. The molecule has 0 aromatic carbocycles. The van der Waals surface area contributed by atoms with E-state index in [1.54, 1.807) is 0 Å². The minimum absolute atomic E-state index is 0.0918. The fourth-order valence-electron chi connectivity index (χ4n) is 2.30. The maximum absolute atomic E-state index is 5.91. The van der Waals surface area contributed by atoms with E-state index in [4.69, 9.17) is 16.3 Å². The van der Waals surface area contributed by atoms with Crippen molar-refractivity contribution in [3.05, 3.63) is 17.9 Å². The van der Waals surface area contributed by atoms with E-state index in [-0.39, 0.29) is 17.4 Å². The molecule has 0 bridgehead atoms. The summed E-state index contributed by atoms with van der Waals surface area (Å²) < 4.78 is 7.27. The monoisotopic (exact) mass is 294 g/mol. The average Bonchev–Trinajstić information content (AvgIpc) is 2.85. The molecule has 0 N–H and O–H groups in total. The van der Waals surface area contributed by atoms with Crippen molar-refractivity contribution in [2.75, 3.05) is 0 Å². The van der Waals surface area contributed by atoms with Gasteiger partial charge in [-0.15, -0.1) is 0 Å². The van der Waals surface area contributed by atoms with Gasteiger partial charge >= 0.3 is 6.01 Å². The molecule has 106 valence electrons. The number of nitrogens with zero attached hydrogens (tertiary/aromatic N) is 6. The third kappa shape index (κ3) is 3.22. The summed E-state index contributed by atoms with van der Waals surface area (Å²) >= 11 is 5.91. The predicted molar refractivity (Wildman–Crippen MR) is 71.9 cm³/mol. The molecule has 0 spiro atoms. The summed E-state index contributed by atoms with van der Waals surface area (Å²) in [6, 6.07) is 0.252. The summed E-state index contributed by atoms with van der Waals surface area (Å²) in [5.41, 5.74) is 0. The van der Waals surface area contributed by atoms with Crippen LogP contribution in [0.15, 0.2) is 12.7 Å². The number of halogens is 1. The van der Waals surface area contributed by atoms with E-state index in [0.29, 0.717) is 5.95 Å². The van der Waals surface area contributed by atoms with Crippen LogP contribution >= 0.6 is 11.6 Å². The van der Waals surface area contributed by atoms with Crippen LogP contribution in [0.1, 0.15) is 38.5 Å². The fraction of sp³-hybridized carbons (Fsp3) is 0.583. The smallest absolute Gasteiger partial charge is 0.322 e. The molecule has 0 saturated heterocycles. The topological polar surface area (TPSA) is 78.6 Å². The van der Waals surface area contributed by atoms with Crippen molar-refractivity contribution >= 4 is 11.6 Å². The normalized spacial score (nSPS) is 16.9. The standard InChI is InChI=1S/C12H15ClN6O/c13-10-16-11(19-8-14-7-15-19)18-12(17-10)20-9-5-3-1-2-4-6-9/h7-9H,1-6H2. The zero-order valence-corrected chi connectivity index (χ0v) is 11.7.